The number of carbonyl (C=O) groups excluding carboxylic acids is 1. The highest BCUT2D eigenvalue weighted by atomic mass is 16.5. The van der Waals surface area contributed by atoms with E-state index in [0.29, 0.717) is 17.8 Å². The van der Waals surface area contributed by atoms with Crippen molar-refractivity contribution in [3.63, 3.8) is 0 Å². The van der Waals surface area contributed by atoms with E-state index in [4.69, 9.17) is 4.74 Å². The van der Waals surface area contributed by atoms with E-state index in [2.05, 4.69) is 47.6 Å². The van der Waals surface area contributed by atoms with E-state index in [9.17, 15) is 14.7 Å². The van der Waals surface area contributed by atoms with Crippen LogP contribution >= 0.6 is 0 Å². The SMILES string of the molecule is CC(=O)O[C@H]1CC[C@]2(C)C3=CCC4[C@@H]5C[C@@](C)(C(=O)O)CC[C@]5(C)CC[C@@]4(C)[C@]3(C)CCC2C1(C)C. The van der Waals surface area contributed by atoms with Crippen LogP contribution in [0.3, 0.4) is 0 Å². The van der Waals surface area contributed by atoms with E-state index in [-0.39, 0.29) is 39.1 Å². The first kappa shape index (κ1) is 26.3. The van der Waals surface area contributed by atoms with Crippen molar-refractivity contribution in [1.82, 2.24) is 0 Å². The van der Waals surface area contributed by atoms with Crippen molar-refractivity contribution in [2.75, 3.05) is 0 Å². The predicted molar refractivity (Wildman–Crippen MR) is 142 cm³/mol. The predicted octanol–water partition coefficient (Wildman–Crippen LogP) is 7.80. The lowest BCUT2D eigenvalue weighted by molar-refractivity contribution is -0.187. The van der Waals surface area contributed by atoms with E-state index >= 15 is 0 Å². The number of esters is 1. The van der Waals surface area contributed by atoms with Crippen molar-refractivity contribution in [2.24, 2.45) is 50.2 Å². The van der Waals surface area contributed by atoms with Crippen LogP contribution in [0.2, 0.25) is 0 Å². The van der Waals surface area contributed by atoms with Crippen molar-refractivity contribution in [3.8, 4) is 0 Å². The topological polar surface area (TPSA) is 63.6 Å². The van der Waals surface area contributed by atoms with Crippen molar-refractivity contribution < 1.29 is 19.4 Å². The normalized spacial score (nSPS) is 51.5. The fraction of sp³-hybridized carbons (Fsp3) is 0.875. The zero-order valence-corrected chi connectivity index (χ0v) is 24.1. The summed E-state index contributed by atoms with van der Waals surface area (Å²) >= 11 is 0. The van der Waals surface area contributed by atoms with Crippen LogP contribution in [-0.4, -0.2) is 23.1 Å². The van der Waals surface area contributed by atoms with Gasteiger partial charge in [0.1, 0.15) is 6.10 Å². The van der Waals surface area contributed by atoms with Gasteiger partial charge in [-0.2, -0.15) is 0 Å². The Labute approximate surface area is 219 Å². The minimum absolute atomic E-state index is 0.00344. The van der Waals surface area contributed by atoms with Crippen LogP contribution in [0.15, 0.2) is 11.6 Å². The summed E-state index contributed by atoms with van der Waals surface area (Å²) in [7, 11) is 0. The Hall–Kier alpha value is -1.32. The molecular weight excluding hydrogens is 448 g/mol. The summed E-state index contributed by atoms with van der Waals surface area (Å²) in [5.41, 5.74) is 1.79. The van der Waals surface area contributed by atoms with Gasteiger partial charge in [0.2, 0.25) is 0 Å². The molecule has 0 saturated heterocycles. The maximum absolute atomic E-state index is 12.3. The van der Waals surface area contributed by atoms with Crippen molar-refractivity contribution in [1.29, 1.82) is 0 Å². The summed E-state index contributed by atoms with van der Waals surface area (Å²) in [6.45, 7) is 18.4. The Balaban J connectivity index is 1.53. The molecule has 4 fully saturated rings. The maximum atomic E-state index is 12.3. The number of ether oxygens (including phenoxy) is 1. The van der Waals surface area contributed by atoms with E-state index in [1.807, 2.05) is 6.92 Å². The van der Waals surface area contributed by atoms with Gasteiger partial charge < -0.3 is 9.84 Å². The highest BCUT2D eigenvalue weighted by Gasteiger charge is 2.68. The number of hydrogen-bond acceptors (Lipinski definition) is 3. The van der Waals surface area contributed by atoms with Crippen molar-refractivity contribution >= 4 is 11.9 Å². The van der Waals surface area contributed by atoms with Gasteiger partial charge in [-0.05, 0) is 111 Å². The first-order valence-corrected chi connectivity index (χ1v) is 14.7. The molecule has 0 radical (unpaired) electrons. The van der Waals surface area contributed by atoms with Gasteiger partial charge in [0, 0.05) is 12.3 Å². The summed E-state index contributed by atoms with van der Waals surface area (Å²) < 4.78 is 5.87. The van der Waals surface area contributed by atoms with Gasteiger partial charge in [-0.3, -0.25) is 9.59 Å². The molecule has 0 aromatic heterocycles. The van der Waals surface area contributed by atoms with Crippen LogP contribution in [0.4, 0.5) is 0 Å². The van der Waals surface area contributed by atoms with Crippen LogP contribution in [0.5, 0.6) is 0 Å². The summed E-state index contributed by atoms with van der Waals surface area (Å²) in [6.07, 6.45) is 13.3. The summed E-state index contributed by atoms with van der Waals surface area (Å²) in [6, 6.07) is 0. The minimum atomic E-state index is -0.602. The summed E-state index contributed by atoms with van der Waals surface area (Å²) in [5, 5.41) is 10.1. The molecule has 4 heteroatoms. The highest BCUT2D eigenvalue weighted by Crippen LogP contribution is 2.75. The third kappa shape index (κ3) is 3.30. The quantitative estimate of drug-likeness (QED) is 0.311. The van der Waals surface area contributed by atoms with Crippen molar-refractivity contribution in [3.05, 3.63) is 11.6 Å². The molecular formula is C32H50O4. The molecule has 5 rings (SSSR count). The second-order valence-corrected chi connectivity index (χ2v) is 15.5. The van der Waals surface area contributed by atoms with Crippen LogP contribution in [0, 0.1) is 50.2 Å². The van der Waals surface area contributed by atoms with Gasteiger partial charge >= 0.3 is 11.9 Å². The molecule has 4 saturated carbocycles. The monoisotopic (exact) mass is 498 g/mol. The third-order valence-electron chi connectivity index (χ3n) is 13.6. The van der Waals surface area contributed by atoms with Crippen LogP contribution in [0.25, 0.3) is 0 Å². The number of carboxylic acid groups (broad SMARTS) is 1. The second-order valence-electron chi connectivity index (χ2n) is 15.5. The number of carbonyl (C=O) groups is 2. The number of hydrogen-bond donors (Lipinski definition) is 1. The molecule has 2 unspecified atom stereocenters. The molecule has 0 heterocycles. The summed E-state index contributed by atoms with van der Waals surface area (Å²) in [4.78, 5) is 24.2. The Kier molecular flexibility index (Phi) is 5.74. The van der Waals surface area contributed by atoms with E-state index < -0.39 is 11.4 Å². The molecule has 36 heavy (non-hydrogen) atoms. The molecule has 0 aromatic rings. The minimum Gasteiger partial charge on any atom is -0.481 e. The molecule has 0 bridgehead atoms. The van der Waals surface area contributed by atoms with Crippen LogP contribution < -0.4 is 0 Å². The highest BCUT2D eigenvalue weighted by molar-refractivity contribution is 5.74. The second kappa shape index (κ2) is 7.85. The van der Waals surface area contributed by atoms with Gasteiger partial charge in [0.25, 0.3) is 0 Å². The molecule has 0 aliphatic heterocycles. The first-order chi connectivity index (χ1) is 16.5. The van der Waals surface area contributed by atoms with Gasteiger partial charge in [0.05, 0.1) is 5.41 Å². The number of rotatable bonds is 2. The Bertz CT molecular complexity index is 996. The molecule has 202 valence electrons. The number of carboxylic acids is 1. The molecule has 9 atom stereocenters. The van der Waals surface area contributed by atoms with E-state index in [1.165, 1.54) is 25.7 Å². The lowest BCUT2D eigenvalue weighted by Gasteiger charge is -2.70. The van der Waals surface area contributed by atoms with Crippen LogP contribution in [0.1, 0.15) is 120 Å². The average molecular weight is 499 g/mol. The molecule has 4 nitrogen and oxygen atoms in total. The fourth-order valence-corrected chi connectivity index (χ4v) is 10.9. The average Bonchev–Trinajstić information content (AvgIpc) is 2.77. The zero-order chi connectivity index (χ0) is 26.5. The maximum Gasteiger partial charge on any atom is 0.309 e. The van der Waals surface area contributed by atoms with Gasteiger partial charge in [-0.25, -0.2) is 0 Å². The van der Waals surface area contributed by atoms with E-state index in [0.717, 1.165) is 38.5 Å². The molecule has 5 aliphatic carbocycles. The van der Waals surface area contributed by atoms with Gasteiger partial charge in [-0.15, -0.1) is 0 Å². The molecule has 1 N–H and O–H groups in total. The fourth-order valence-electron chi connectivity index (χ4n) is 10.9. The van der Waals surface area contributed by atoms with E-state index in [1.54, 1.807) is 12.5 Å². The lowest BCUT2D eigenvalue weighted by atomic mass is 9.34. The number of allylic oxidation sites excluding steroid dienone is 2. The molecule has 0 aromatic carbocycles. The first-order valence-electron chi connectivity index (χ1n) is 14.7. The number of fused-ring (bicyclic) bond motifs is 7. The number of aliphatic carboxylic acids is 1. The van der Waals surface area contributed by atoms with Crippen LogP contribution in [-0.2, 0) is 14.3 Å². The van der Waals surface area contributed by atoms with Crippen molar-refractivity contribution in [2.45, 2.75) is 126 Å². The Morgan fingerprint density at radius 2 is 1.56 bits per heavy atom. The molecule has 0 amide bonds. The van der Waals surface area contributed by atoms with Gasteiger partial charge in [-0.1, -0.05) is 53.2 Å². The third-order valence-corrected chi connectivity index (χ3v) is 13.6. The Morgan fingerprint density at radius 3 is 2.19 bits per heavy atom. The smallest absolute Gasteiger partial charge is 0.309 e. The summed E-state index contributed by atoms with van der Waals surface area (Å²) in [5.74, 6) is 0.767. The zero-order valence-electron chi connectivity index (χ0n) is 24.1. The standard InChI is InChI=1S/C32H50O4/c1-20(33)36-25-12-13-30(6)23(27(25,2)3)11-14-32(8)24(30)10-9-21-22-19-29(5,26(34)35)16-15-28(22,4)17-18-31(21,32)7/h10,21-23,25H,9,11-19H2,1-8H3,(H,34,35)/t21?,22-,23?,25-,28+,29-,30-,31+,32+/m0/s1. The largest absolute Gasteiger partial charge is 0.481 e. The van der Waals surface area contributed by atoms with Gasteiger partial charge in [0.15, 0.2) is 0 Å². The molecule has 5 aliphatic rings. The Morgan fingerprint density at radius 1 is 0.889 bits per heavy atom. The molecule has 0 spiro atoms. The lowest BCUT2D eigenvalue weighted by Crippen LogP contribution is -2.63.